The van der Waals surface area contributed by atoms with Gasteiger partial charge in [-0.3, -0.25) is 0 Å². The molecule has 0 radical (unpaired) electrons. The number of carbonyl (C=O) groups excluding carboxylic acids is 1. The second-order valence-corrected chi connectivity index (χ2v) is 3.51. The van der Waals surface area contributed by atoms with E-state index in [1.807, 2.05) is 6.07 Å². The molecule has 2 N–H and O–H groups in total. The Morgan fingerprint density at radius 3 is 2.82 bits per heavy atom. The van der Waals surface area contributed by atoms with E-state index in [1.165, 1.54) is 4.68 Å². The van der Waals surface area contributed by atoms with E-state index in [0.29, 0.717) is 16.5 Å². The number of para-hydroxylation sites is 2. The molecule has 0 saturated heterocycles. The van der Waals surface area contributed by atoms with Gasteiger partial charge in [0.25, 0.3) is 0 Å². The molecule has 0 fully saturated rings. The number of thiol groups is 1. The molecule has 0 aliphatic rings. The maximum atomic E-state index is 11.3. The molecular weight excluding hydrogens is 240 g/mol. The number of tetrazole rings is 1. The van der Waals surface area contributed by atoms with Gasteiger partial charge in [0.2, 0.25) is 5.16 Å². The van der Waals surface area contributed by atoms with Crippen LogP contribution in [0, 0.1) is 0 Å². The normalized spacial score (nSPS) is 10.0. The molecule has 0 aliphatic carbocycles. The van der Waals surface area contributed by atoms with Crippen molar-refractivity contribution in [1.29, 1.82) is 0 Å². The summed E-state index contributed by atoms with van der Waals surface area (Å²) in [6.45, 7) is 0. The number of rotatable bonds is 2. The van der Waals surface area contributed by atoms with Crippen molar-refractivity contribution in [3.63, 3.8) is 0 Å². The monoisotopic (exact) mass is 250 g/mol. The van der Waals surface area contributed by atoms with E-state index in [1.54, 1.807) is 25.2 Å². The van der Waals surface area contributed by atoms with Crippen molar-refractivity contribution in [2.75, 3.05) is 12.4 Å². The van der Waals surface area contributed by atoms with Crippen LogP contribution in [0.1, 0.15) is 0 Å². The number of amides is 2. The molecule has 1 heterocycles. The number of nitrogens with one attached hydrogen (secondary N) is 2. The van der Waals surface area contributed by atoms with Gasteiger partial charge in [-0.25, -0.2) is 4.79 Å². The van der Waals surface area contributed by atoms with Crippen LogP contribution < -0.4 is 10.6 Å². The summed E-state index contributed by atoms with van der Waals surface area (Å²) < 4.78 is 1.42. The van der Waals surface area contributed by atoms with Crippen molar-refractivity contribution in [3.05, 3.63) is 24.3 Å². The lowest BCUT2D eigenvalue weighted by Gasteiger charge is -2.10. The van der Waals surface area contributed by atoms with E-state index in [-0.39, 0.29) is 6.03 Å². The molecule has 0 saturated carbocycles. The van der Waals surface area contributed by atoms with E-state index in [4.69, 9.17) is 0 Å². The van der Waals surface area contributed by atoms with Crippen LogP contribution in [0.3, 0.4) is 0 Å². The van der Waals surface area contributed by atoms with Crippen LogP contribution in [-0.4, -0.2) is 33.3 Å². The molecule has 88 valence electrons. The van der Waals surface area contributed by atoms with Gasteiger partial charge in [0, 0.05) is 7.05 Å². The van der Waals surface area contributed by atoms with Gasteiger partial charge in [0.1, 0.15) is 0 Å². The molecule has 1 aromatic carbocycles. The number of carbonyl (C=O) groups is 1. The highest BCUT2D eigenvalue weighted by atomic mass is 32.1. The molecule has 0 atom stereocenters. The smallest absolute Gasteiger partial charge is 0.319 e. The Morgan fingerprint density at radius 2 is 2.18 bits per heavy atom. The fourth-order valence-electron chi connectivity index (χ4n) is 1.29. The van der Waals surface area contributed by atoms with Gasteiger partial charge in [-0.15, -0.1) is 17.7 Å². The van der Waals surface area contributed by atoms with Crippen molar-refractivity contribution in [2.45, 2.75) is 5.16 Å². The van der Waals surface area contributed by atoms with Gasteiger partial charge < -0.3 is 10.6 Å². The zero-order valence-electron chi connectivity index (χ0n) is 8.95. The summed E-state index contributed by atoms with van der Waals surface area (Å²) in [7, 11) is 1.54. The van der Waals surface area contributed by atoms with E-state index in [2.05, 4.69) is 38.8 Å². The van der Waals surface area contributed by atoms with Gasteiger partial charge >= 0.3 is 6.03 Å². The minimum absolute atomic E-state index is 0.314. The SMILES string of the molecule is CNC(=O)Nc1ccccc1-n1nnnc1S. The number of benzene rings is 1. The number of hydrogen-bond donors (Lipinski definition) is 3. The second kappa shape index (κ2) is 4.83. The summed E-state index contributed by atoms with van der Waals surface area (Å²) in [4.78, 5) is 11.3. The third-order valence-corrected chi connectivity index (χ3v) is 2.34. The quantitative estimate of drug-likeness (QED) is 0.685. The van der Waals surface area contributed by atoms with Crippen molar-refractivity contribution in [2.24, 2.45) is 0 Å². The van der Waals surface area contributed by atoms with Crippen molar-refractivity contribution in [1.82, 2.24) is 25.5 Å². The Balaban J connectivity index is 2.41. The van der Waals surface area contributed by atoms with Gasteiger partial charge in [0.15, 0.2) is 0 Å². The summed E-state index contributed by atoms with van der Waals surface area (Å²) in [5.41, 5.74) is 1.24. The Kier molecular flexibility index (Phi) is 3.24. The van der Waals surface area contributed by atoms with Crippen LogP contribution in [0.4, 0.5) is 10.5 Å². The summed E-state index contributed by atoms with van der Waals surface area (Å²) in [6.07, 6.45) is 0. The largest absolute Gasteiger partial charge is 0.341 e. The maximum absolute atomic E-state index is 11.3. The minimum atomic E-state index is -0.314. The van der Waals surface area contributed by atoms with Crippen LogP contribution in [0.15, 0.2) is 29.4 Å². The number of nitrogens with zero attached hydrogens (tertiary/aromatic N) is 4. The first-order valence-electron chi connectivity index (χ1n) is 4.78. The predicted molar refractivity (Wildman–Crippen MR) is 64.5 cm³/mol. The zero-order valence-corrected chi connectivity index (χ0v) is 9.85. The van der Waals surface area contributed by atoms with Crippen molar-refractivity contribution < 1.29 is 4.79 Å². The predicted octanol–water partition coefficient (Wildman–Crippen LogP) is 0.702. The van der Waals surface area contributed by atoms with E-state index in [9.17, 15) is 4.79 Å². The molecule has 2 rings (SSSR count). The Hall–Kier alpha value is -2.09. The highest BCUT2D eigenvalue weighted by Gasteiger charge is 2.10. The molecule has 1 aromatic heterocycles. The van der Waals surface area contributed by atoms with E-state index < -0.39 is 0 Å². The third kappa shape index (κ3) is 2.36. The number of anilines is 1. The van der Waals surface area contributed by atoms with Crippen LogP contribution >= 0.6 is 12.6 Å². The topological polar surface area (TPSA) is 84.7 Å². The number of hydrogen-bond acceptors (Lipinski definition) is 5. The molecule has 0 aliphatic heterocycles. The summed E-state index contributed by atoms with van der Waals surface area (Å²) in [5.74, 6) is 0. The fourth-order valence-corrected chi connectivity index (χ4v) is 1.47. The van der Waals surface area contributed by atoms with Crippen LogP contribution in [0.25, 0.3) is 5.69 Å². The lowest BCUT2D eigenvalue weighted by atomic mass is 10.2. The Bertz CT molecular complexity index is 540. The van der Waals surface area contributed by atoms with Crippen LogP contribution in [0.2, 0.25) is 0 Å². The molecule has 17 heavy (non-hydrogen) atoms. The zero-order chi connectivity index (χ0) is 12.3. The van der Waals surface area contributed by atoms with Gasteiger partial charge in [-0.1, -0.05) is 12.1 Å². The molecule has 2 amide bonds. The van der Waals surface area contributed by atoms with Gasteiger partial charge in [-0.05, 0) is 22.6 Å². The van der Waals surface area contributed by atoms with Crippen molar-refractivity contribution >= 4 is 24.3 Å². The lowest BCUT2D eigenvalue weighted by Crippen LogP contribution is -2.25. The second-order valence-electron chi connectivity index (χ2n) is 3.11. The first-order chi connectivity index (χ1) is 8.22. The number of urea groups is 1. The van der Waals surface area contributed by atoms with E-state index >= 15 is 0 Å². The minimum Gasteiger partial charge on any atom is -0.341 e. The molecule has 7 nitrogen and oxygen atoms in total. The van der Waals surface area contributed by atoms with E-state index in [0.717, 1.165) is 0 Å². The van der Waals surface area contributed by atoms with Gasteiger partial charge in [-0.2, -0.15) is 4.68 Å². The Morgan fingerprint density at radius 1 is 1.41 bits per heavy atom. The first kappa shape index (κ1) is 11.4. The summed E-state index contributed by atoms with van der Waals surface area (Å²) in [6, 6.07) is 6.84. The molecule has 0 bridgehead atoms. The standard InChI is InChI=1S/C9H10N6OS/c1-10-8(16)11-6-4-2-3-5-7(6)15-9(17)12-13-14-15/h2-5H,1H3,(H2,10,11,16)(H,12,14,17). The van der Waals surface area contributed by atoms with Crippen LogP contribution in [-0.2, 0) is 0 Å². The molecule has 2 aromatic rings. The lowest BCUT2D eigenvalue weighted by molar-refractivity contribution is 0.254. The average molecular weight is 250 g/mol. The van der Waals surface area contributed by atoms with Gasteiger partial charge in [0.05, 0.1) is 11.4 Å². The van der Waals surface area contributed by atoms with Crippen LogP contribution in [0.5, 0.6) is 0 Å². The number of aromatic nitrogens is 4. The molecule has 0 unspecified atom stereocenters. The molecular formula is C9H10N6OS. The van der Waals surface area contributed by atoms with Crippen molar-refractivity contribution in [3.8, 4) is 5.69 Å². The highest BCUT2D eigenvalue weighted by Crippen LogP contribution is 2.20. The molecule has 8 heteroatoms. The Labute approximate surface area is 103 Å². The summed E-state index contributed by atoms with van der Waals surface area (Å²) >= 11 is 4.12. The first-order valence-corrected chi connectivity index (χ1v) is 5.22. The molecule has 0 spiro atoms. The average Bonchev–Trinajstić information content (AvgIpc) is 2.76. The highest BCUT2D eigenvalue weighted by molar-refractivity contribution is 7.80. The third-order valence-electron chi connectivity index (χ3n) is 2.06. The maximum Gasteiger partial charge on any atom is 0.319 e. The fraction of sp³-hybridized carbons (Fsp3) is 0.111. The summed E-state index contributed by atoms with van der Waals surface area (Å²) in [5, 5.41) is 16.4.